The zero-order valence-electron chi connectivity index (χ0n) is 16.8. The van der Waals surface area contributed by atoms with Crippen molar-refractivity contribution in [3.05, 3.63) is 89.1 Å². The van der Waals surface area contributed by atoms with Gasteiger partial charge in [-0.1, -0.05) is 54.6 Å². The Balaban J connectivity index is 1.37. The number of amides is 1. The SMILES string of the molecule is Cc1ccccc1CN(Cc1nc(C(=O)NCc2ccccc2)co1)CC1CC1. The van der Waals surface area contributed by atoms with Crippen LogP contribution in [0.4, 0.5) is 0 Å². The van der Waals surface area contributed by atoms with Crippen molar-refractivity contribution in [2.45, 2.75) is 39.4 Å². The van der Waals surface area contributed by atoms with Crippen LogP contribution in [0.3, 0.4) is 0 Å². The predicted octanol–water partition coefficient (Wildman–Crippen LogP) is 4.33. The van der Waals surface area contributed by atoms with Crippen molar-refractivity contribution in [1.82, 2.24) is 15.2 Å². The highest BCUT2D eigenvalue weighted by Gasteiger charge is 2.25. The third-order valence-electron chi connectivity index (χ3n) is 5.31. The summed E-state index contributed by atoms with van der Waals surface area (Å²) in [5.74, 6) is 1.14. The molecular weight excluding hydrogens is 362 g/mol. The largest absolute Gasteiger partial charge is 0.447 e. The van der Waals surface area contributed by atoms with E-state index in [2.05, 4.69) is 46.4 Å². The monoisotopic (exact) mass is 389 g/mol. The fourth-order valence-corrected chi connectivity index (χ4v) is 3.43. The van der Waals surface area contributed by atoms with E-state index >= 15 is 0 Å². The average Bonchev–Trinajstić information content (AvgIpc) is 3.43. The molecule has 4 rings (SSSR count). The van der Waals surface area contributed by atoms with Crippen molar-refractivity contribution in [2.24, 2.45) is 5.92 Å². The summed E-state index contributed by atoms with van der Waals surface area (Å²) in [4.78, 5) is 19.2. The van der Waals surface area contributed by atoms with E-state index < -0.39 is 0 Å². The van der Waals surface area contributed by atoms with Gasteiger partial charge < -0.3 is 9.73 Å². The van der Waals surface area contributed by atoms with Crippen LogP contribution in [0.1, 0.15) is 45.9 Å². The maximum Gasteiger partial charge on any atom is 0.273 e. The van der Waals surface area contributed by atoms with Crippen molar-refractivity contribution in [3.63, 3.8) is 0 Å². The highest BCUT2D eigenvalue weighted by Crippen LogP contribution is 2.31. The molecule has 0 radical (unpaired) electrons. The van der Waals surface area contributed by atoms with E-state index in [1.807, 2.05) is 30.3 Å². The summed E-state index contributed by atoms with van der Waals surface area (Å²) in [5, 5.41) is 2.90. The Labute approximate surface area is 171 Å². The molecule has 1 aromatic heterocycles. The lowest BCUT2D eigenvalue weighted by Gasteiger charge is -2.21. The minimum Gasteiger partial charge on any atom is -0.447 e. The summed E-state index contributed by atoms with van der Waals surface area (Å²) in [6.07, 6.45) is 4.05. The first-order valence-electron chi connectivity index (χ1n) is 10.2. The van der Waals surface area contributed by atoms with Crippen molar-refractivity contribution in [1.29, 1.82) is 0 Å². The molecule has 1 aliphatic carbocycles. The van der Waals surface area contributed by atoms with Crippen molar-refractivity contribution >= 4 is 5.91 Å². The molecule has 1 aliphatic rings. The van der Waals surface area contributed by atoms with Crippen molar-refractivity contribution < 1.29 is 9.21 Å². The number of hydrogen-bond donors (Lipinski definition) is 1. The molecule has 1 saturated carbocycles. The average molecular weight is 389 g/mol. The zero-order valence-corrected chi connectivity index (χ0v) is 16.8. The Morgan fingerprint density at radius 2 is 1.86 bits per heavy atom. The van der Waals surface area contributed by atoms with E-state index in [0.29, 0.717) is 24.7 Å². The normalized spacial score (nSPS) is 13.6. The van der Waals surface area contributed by atoms with E-state index in [0.717, 1.165) is 24.6 Å². The number of aryl methyl sites for hydroxylation is 1. The summed E-state index contributed by atoms with van der Waals surface area (Å²) in [5.41, 5.74) is 4.00. The summed E-state index contributed by atoms with van der Waals surface area (Å²) in [6, 6.07) is 18.3. The highest BCUT2D eigenvalue weighted by molar-refractivity contribution is 5.91. The van der Waals surface area contributed by atoms with Gasteiger partial charge in [-0.15, -0.1) is 0 Å². The van der Waals surface area contributed by atoms with Gasteiger partial charge in [0, 0.05) is 19.6 Å². The number of carbonyl (C=O) groups is 1. The van der Waals surface area contributed by atoms with Crippen molar-refractivity contribution in [3.8, 4) is 0 Å². The molecule has 0 bridgehead atoms. The van der Waals surface area contributed by atoms with E-state index in [9.17, 15) is 4.79 Å². The highest BCUT2D eigenvalue weighted by atomic mass is 16.3. The number of benzene rings is 2. The smallest absolute Gasteiger partial charge is 0.273 e. The number of hydrogen-bond acceptors (Lipinski definition) is 4. The Morgan fingerprint density at radius 3 is 2.62 bits per heavy atom. The molecule has 5 nitrogen and oxygen atoms in total. The Bertz CT molecular complexity index is 948. The third kappa shape index (κ3) is 5.55. The number of rotatable bonds is 9. The van der Waals surface area contributed by atoms with E-state index in [1.165, 1.54) is 30.2 Å². The molecule has 1 amide bonds. The molecule has 1 fully saturated rings. The molecule has 150 valence electrons. The van der Waals surface area contributed by atoms with Gasteiger partial charge in [0.15, 0.2) is 5.69 Å². The summed E-state index contributed by atoms with van der Waals surface area (Å²) < 4.78 is 5.62. The number of carbonyl (C=O) groups excluding carboxylic acids is 1. The maximum absolute atomic E-state index is 12.4. The molecule has 5 heteroatoms. The number of aromatic nitrogens is 1. The molecule has 3 aromatic rings. The van der Waals surface area contributed by atoms with Gasteiger partial charge in [-0.3, -0.25) is 9.69 Å². The lowest BCUT2D eigenvalue weighted by atomic mass is 10.1. The molecule has 0 atom stereocenters. The Kier molecular flexibility index (Phi) is 6.06. The van der Waals surface area contributed by atoms with Gasteiger partial charge in [0.05, 0.1) is 6.54 Å². The van der Waals surface area contributed by atoms with E-state index in [-0.39, 0.29) is 5.91 Å². The van der Waals surface area contributed by atoms with Gasteiger partial charge >= 0.3 is 0 Å². The fourth-order valence-electron chi connectivity index (χ4n) is 3.43. The second-order valence-corrected chi connectivity index (χ2v) is 7.83. The molecule has 1 N–H and O–H groups in total. The summed E-state index contributed by atoms with van der Waals surface area (Å²) >= 11 is 0. The standard InChI is InChI=1S/C24H27N3O2/c1-18-7-5-6-10-21(18)15-27(14-20-11-12-20)16-23-26-22(17-29-23)24(28)25-13-19-8-3-2-4-9-19/h2-10,17,20H,11-16H2,1H3,(H,25,28). The molecular formula is C24H27N3O2. The molecule has 0 unspecified atom stereocenters. The van der Waals surface area contributed by atoms with Gasteiger partial charge in [0.25, 0.3) is 5.91 Å². The van der Waals surface area contributed by atoms with Gasteiger partial charge in [-0.2, -0.15) is 0 Å². The summed E-state index contributed by atoms with van der Waals surface area (Å²) in [6.45, 7) is 5.12. The molecule has 0 aliphatic heterocycles. The summed E-state index contributed by atoms with van der Waals surface area (Å²) in [7, 11) is 0. The van der Waals surface area contributed by atoms with Crippen LogP contribution in [0.5, 0.6) is 0 Å². The van der Waals surface area contributed by atoms with Crippen LogP contribution in [-0.2, 0) is 19.6 Å². The Morgan fingerprint density at radius 1 is 1.10 bits per heavy atom. The van der Waals surface area contributed by atoms with Crippen LogP contribution in [0.15, 0.2) is 65.3 Å². The van der Waals surface area contributed by atoms with Gasteiger partial charge in [0.1, 0.15) is 6.26 Å². The van der Waals surface area contributed by atoms with E-state index in [1.54, 1.807) is 0 Å². The van der Waals surface area contributed by atoms with Crippen LogP contribution < -0.4 is 5.32 Å². The van der Waals surface area contributed by atoms with Crippen LogP contribution in [0.25, 0.3) is 0 Å². The quantitative estimate of drug-likeness (QED) is 0.592. The van der Waals surface area contributed by atoms with Crippen LogP contribution in [0.2, 0.25) is 0 Å². The molecule has 0 spiro atoms. The first-order valence-corrected chi connectivity index (χ1v) is 10.2. The first kappa shape index (κ1) is 19.4. The zero-order chi connectivity index (χ0) is 20.1. The number of nitrogens with zero attached hydrogens (tertiary/aromatic N) is 2. The molecule has 29 heavy (non-hydrogen) atoms. The van der Waals surface area contributed by atoms with Crippen LogP contribution in [-0.4, -0.2) is 22.3 Å². The minimum absolute atomic E-state index is 0.212. The molecule has 1 heterocycles. The van der Waals surface area contributed by atoms with Crippen molar-refractivity contribution in [2.75, 3.05) is 6.54 Å². The lowest BCUT2D eigenvalue weighted by Crippen LogP contribution is -2.26. The molecule has 2 aromatic carbocycles. The minimum atomic E-state index is -0.212. The van der Waals surface area contributed by atoms with E-state index in [4.69, 9.17) is 4.42 Å². The Hall–Kier alpha value is -2.92. The molecule has 0 saturated heterocycles. The first-order chi connectivity index (χ1) is 14.2. The number of oxazole rings is 1. The second-order valence-electron chi connectivity index (χ2n) is 7.83. The predicted molar refractivity (Wildman–Crippen MR) is 112 cm³/mol. The fraction of sp³-hybridized carbons (Fsp3) is 0.333. The van der Waals surface area contributed by atoms with Gasteiger partial charge in [-0.25, -0.2) is 4.98 Å². The topological polar surface area (TPSA) is 58.4 Å². The third-order valence-corrected chi connectivity index (χ3v) is 5.31. The van der Waals surface area contributed by atoms with Crippen LogP contribution >= 0.6 is 0 Å². The second kappa shape index (κ2) is 9.05. The maximum atomic E-state index is 12.4. The van der Waals surface area contributed by atoms with Crippen LogP contribution in [0, 0.1) is 12.8 Å². The lowest BCUT2D eigenvalue weighted by molar-refractivity contribution is 0.0945. The van der Waals surface area contributed by atoms with Gasteiger partial charge in [-0.05, 0) is 42.4 Å². The van der Waals surface area contributed by atoms with Gasteiger partial charge in [0.2, 0.25) is 5.89 Å². The number of nitrogens with one attached hydrogen (secondary N) is 1.